The lowest BCUT2D eigenvalue weighted by molar-refractivity contribution is 0.464. The molecule has 3 heteroatoms. The molecule has 1 nitrogen and oxygen atoms in total. The van der Waals surface area contributed by atoms with Crippen molar-refractivity contribution in [2.45, 2.75) is 6.04 Å². The van der Waals surface area contributed by atoms with E-state index in [1.54, 1.807) is 0 Å². The molecule has 0 aromatic rings. The van der Waals surface area contributed by atoms with Gasteiger partial charge in [-0.1, -0.05) is 11.8 Å². The molecular weight excluding hydrogens is 113 g/mol. The smallest absolute Gasteiger partial charge is 0.123 e. The zero-order valence-corrected chi connectivity index (χ0v) is 4.33. The van der Waals surface area contributed by atoms with Crippen LogP contribution in [0.15, 0.2) is 4.99 Å². The summed E-state index contributed by atoms with van der Waals surface area (Å²) in [6.45, 7) is -0.444. The maximum absolute atomic E-state index is 11.5. The molecule has 1 aliphatic heterocycles. The largest absolute Gasteiger partial charge is 0.268 e. The van der Waals surface area contributed by atoms with E-state index < -0.39 is 6.67 Å². The first-order valence-electron chi connectivity index (χ1n) is 1.85. The van der Waals surface area contributed by atoms with Crippen molar-refractivity contribution in [3.63, 3.8) is 0 Å². The van der Waals surface area contributed by atoms with Gasteiger partial charge in [0.15, 0.2) is 0 Å². The number of alkyl halides is 1. The number of rotatable bonds is 1. The van der Waals surface area contributed by atoms with Crippen LogP contribution in [-0.4, -0.2) is 18.3 Å². The van der Waals surface area contributed by atoms with Crippen molar-refractivity contribution in [2.24, 2.45) is 4.99 Å². The van der Waals surface area contributed by atoms with E-state index in [1.165, 1.54) is 11.8 Å². The van der Waals surface area contributed by atoms with Crippen LogP contribution in [0.2, 0.25) is 0 Å². The maximum Gasteiger partial charge on any atom is 0.123 e. The molecule has 0 aromatic heterocycles. The van der Waals surface area contributed by atoms with Crippen molar-refractivity contribution in [3.8, 4) is 0 Å². The number of thioether (sulfide) groups is 1. The molecule has 1 heterocycles. The van der Waals surface area contributed by atoms with Crippen LogP contribution in [0.5, 0.6) is 0 Å². The summed E-state index contributed by atoms with van der Waals surface area (Å²) in [6.07, 6.45) is 0. The van der Waals surface area contributed by atoms with Crippen LogP contribution in [0, 0.1) is 5.75 Å². The van der Waals surface area contributed by atoms with Crippen molar-refractivity contribution < 1.29 is 4.39 Å². The molecule has 3 radical (unpaired) electrons. The number of nitrogens with zero attached hydrogens (tertiary/aromatic N) is 1. The van der Waals surface area contributed by atoms with Gasteiger partial charge in [0.2, 0.25) is 0 Å². The third-order valence-electron chi connectivity index (χ3n) is 0.595. The minimum absolute atomic E-state index is 0.343. The van der Waals surface area contributed by atoms with Gasteiger partial charge in [0.05, 0.1) is 11.8 Å². The van der Waals surface area contributed by atoms with E-state index in [1.807, 2.05) is 0 Å². The van der Waals surface area contributed by atoms with E-state index >= 15 is 0 Å². The third kappa shape index (κ3) is 1.16. The fourth-order valence-electron chi connectivity index (χ4n) is 0.277. The third-order valence-corrected chi connectivity index (χ3v) is 1.18. The zero-order valence-electron chi connectivity index (χ0n) is 3.52. The van der Waals surface area contributed by atoms with Gasteiger partial charge >= 0.3 is 0 Å². The Kier molecular flexibility index (Phi) is 1.68. The predicted molar refractivity (Wildman–Crippen MR) is 28.0 cm³/mol. The second kappa shape index (κ2) is 2.31. The van der Waals surface area contributed by atoms with Crippen molar-refractivity contribution >= 4 is 17.3 Å². The summed E-state index contributed by atoms with van der Waals surface area (Å²) in [5.41, 5.74) is 2.51. The van der Waals surface area contributed by atoms with E-state index in [9.17, 15) is 4.39 Å². The first-order chi connectivity index (χ1) is 3.43. The molecule has 1 rings (SSSR count). The Hall–Kier alpha value is -0.0500. The van der Waals surface area contributed by atoms with Crippen molar-refractivity contribution in [1.82, 2.24) is 0 Å². The number of halogens is 1. The Morgan fingerprint density at radius 3 is 3.00 bits per heavy atom. The average Bonchev–Trinajstić information content (AvgIpc) is 2.14. The summed E-state index contributed by atoms with van der Waals surface area (Å²) >= 11 is 1.20. The van der Waals surface area contributed by atoms with Gasteiger partial charge in [-0.25, -0.2) is 4.39 Å². The molecule has 37 valence electrons. The van der Waals surface area contributed by atoms with E-state index in [-0.39, 0.29) is 6.04 Å². The average molecular weight is 116 g/mol. The van der Waals surface area contributed by atoms with Gasteiger partial charge in [-0.05, 0) is 0 Å². The number of hydrogen-bond donors (Lipinski definition) is 0. The minimum Gasteiger partial charge on any atom is -0.268 e. The molecular formula is C4H3FNS. The first kappa shape index (κ1) is 5.09. The van der Waals surface area contributed by atoms with Gasteiger partial charge in [0, 0.05) is 0 Å². The molecule has 0 N–H and O–H groups in total. The highest BCUT2D eigenvalue weighted by molar-refractivity contribution is 8.14. The summed E-state index contributed by atoms with van der Waals surface area (Å²) in [6, 6.07) is -0.343. The molecule has 0 amide bonds. The van der Waals surface area contributed by atoms with Crippen molar-refractivity contribution in [2.75, 3.05) is 6.67 Å². The van der Waals surface area contributed by atoms with Crippen LogP contribution in [0.25, 0.3) is 0 Å². The van der Waals surface area contributed by atoms with E-state index in [2.05, 4.69) is 16.3 Å². The molecule has 0 spiro atoms. The fourth-order valence-corrected chi connectivity index (χ4v) is 0.761. The second-order valence-corrected chi connectivity index (χ2v) is 1.73. The van der Waals surface area contributed by atoms with Gasteiger partial charge in [-0.3, -0.25) is 4.99 Å². The summed E-state index contributed by atoms with van der Waals surface area (Å²) < 4.78 is 11.5. The molecule has 1 aliphatic rings. The van der Waals surface area contributed by atoms with Crippen molar-refractivity contribution in [3.05, 3.63) is 5.75 Å². The highest BCUT2D eigenvalue weighted by atomic mass is 32.2. The maximum atomic E-state index is 11.5. The highest BCUT2D eigenvalue weighted by Gasteiger charge is 2.10. The van der Waals surface area contributed by atoms with Gasteiger partial charge in [-0.15, -0.1) is 0 Å². The van der Waals surface area contributed by atoms with E-state index in [4.69, 9.17) is 0 Å². The normalized spacial score (nSPS) is 29.0. The summed E-state index contributed by atoms with van der Waals surface area (Å²) in [5, 5.41) is 0. The van der Waals surface area contributed by atoms with E-state index in [0.717, 1.165) is 0 Å². The molecule has 0 saturated carbocycles. The Morgan fingerprint density at radius 2 is 2.71 bits per heavy atom. The Labute approximate surface area is 46.0 Å². The van der Waals surface area contributed by atoms with Crippen LogP contribution in [0.3, 0.4) is 0 Å². The first-order valence-corrected chi connectivity index (χ1v) is 2.67. The number of hydrogen-bond acceptors (Lipinski definition) is 2. The molecule has 0 aliphatic carbocycles. The monoisotopic (exact) mass is 116 g/mol. The van der Waals surface area contributed by atoms with Crippen LogP contribution < -0.4 is 0 Å². The number of aliphatic imine (C=N–C) groups is 1. The lowest BCUT2D eigenvalue weighted by Crippen LogP contribution is -1.99. The van der Waals surface area contributed by atoms with Gasteiger partial charge in [-0.2, -0.15) is 0 Å². The van der Waals surface area contributed by atoms with Gasteiger partial charge < -0.3 is 0 Å². The van der Waals surface area contributed by atoms with Gasteiger partial charge in [0.25, 0.3) is 0 Å². The standard InChI is InChI=1S/C4H3FNS/c5-1-4-2-7-3-6-4/h4H,1H2. The molecule has 7 heavy (non-hydrogen) atoms. The summed E-state index contributed by atoms with van der Waals surface area (Å²) in [4.78, 5) is 3.58. The molecule has 0 fully saturated rings. The molecule has 1 unspecified atom stereocenters. The summed E-state index contributed by atoms with van der Waals surface area (Å²) in [5.74, 6) is 2.67. The second-order valence-electron chi connectivity index (χ2n) is 1.11. The SMILES string of the molecule is FCC1[C]S[C]=N1. The lowest BCUT2D eigenvalue weighted by Gasteiger charge is -1.91. The lowest BCUT2D eigenvalue weighted by atomic mass is 10.4. The van der Waals surface area contributed by atoms with Gasteiger partial charge in [0.1, 0.15) is 12.2 Å². The Bertz CT molecular complexity index is 83.8. The fraction of sp³-hybridized carbons (Fsp3) is 0.500. The summed E-state index contributed by atoms with van der Waals surface area (Å²) in [7, 11) is 0. The molecule has 0 bridgehead atoms. The highest BCUT2D eigenvalue weighted by Crippen LogP contribution is 2.16. The van der Waals surface area contributed by atoms with Crippen LogP contribution >= 0.6 is 11.8 Å². The quantitative estimate of drug-likeness (QED) is 0.498. The van der Waals surface area contributed by atoms with Crippen molar-refractivity contribution in [1.29, 1.82) is 0 Å². The Morgan fingerprint density at radius 1 is 1.86 bits per heavy atom. The van der Waals surface area contributed by atoms with Crippen LogP contribution in [-0.2, 0) is 0 Å². The minimum atomic E-state index is -0.444. The Balaban J connectivity index is 2.28. The topological polar surface area (TPSA) is 12.4 Å². The molecule has 1 atom stereocenters. The molecule has 0 saturated heterocycles. The predicted octanol–water partition coefficient (Wildman–Crippen LogP) is 1.02. The van der Waals surface area contributed by atoms with Crippen LogP contribution in [0.1, 0.15) is 0 Å². The van der Waals surface area contributed by atoms with E-state index in [0.29, 0.717) is 0 Å². The zero-order chi connectivity index (χ0) is 5.11. The van der Waals surface area contributed by atoms with Crippen LogP contribution in [0.4, 0.5) is 4.39 Å². The molecule has 0 aromatic carbocycles.